The van der Waals surface area contributed by atoms with E-state index < -0.39 is 0 Å². The standard InChI is InChI=1S/C62H45N3S/c1-61(2)53-21-13-11-19-46(53)48-30-27-42(36-55(48)61)41-29-32-57-51(33-41)52-35-44(43-28-31-49-47-20-12-14-22-54(47)62(3,4)56(49)37-43)34-50(58(52)66-57)38-23-25-40(26-24-38)60-64-63-59(39-15-7-5-8-16-39)65(60)45-17-9-6-10-18-45/h5-37H,1-4H3. The Balaban J connectivity index is 0.970. The lowest BCUT2D eigenvalue weighted by Gasteiger charge is -2.22. The fourth-order valence-corrected chi connectivity index (χ4v) is 12.3. The molecular weight excluding hydrogens is 819 g/mol. The van der Waals surface area contributed by atoms with Crippen molar-refractivity contribution < 1.29 is 0 Å². The first-order valence-electron chi connectivity index (χ1n) is 22.9. The van der Waals surface area contributed by atoms with Crippen LogP contribution < -0.4 is 0 Å². The van der Waals surface area contributed by atoms with Gasteiger partial charge in [0.1, 0.15) is 0 Å². The average Bonchev–Trinajstić information content (AvgIpc) is 4.09. The minimum absolute atomic E-state index is 0.0618. The topological polar surface area (TPSA) is 30.7 Å². The lowest BCUT2D eigenvalue weighted by molar-refractivity contribution is 0.660. The van der Waals surface area contributed by atoms with Gasteiger partial charge in [-0.25, -0.2) is 0 Å². The molecule has 3 nitrogen and oxygen atoms in total. The molecule has 11 aromatic rings. The van der Waals surface area contributed by atoms with Gasteiger partial charge in [0.25, 0.3) is 0 Å². The van der Waals surface area contributed by atoms with Crippen LogP contribution in [0.15, 0.2) is 200 Å². The molecule has 314 valence electrons. The molecule has 0 unspecified atom stereocenters. The van der Waals surface area contributed by atoms with E-state index >= 15 is 0 Å². The van der Waals surface area contributed by atoms with Gasteiger partial charge >= 0.3 is 0 Å². The molecule has 0 spiro atoms. The molecule has 0 fully saturated rings. The number of benzene rings is 9. The van der Waals surface area contributed by atoms with Crippen molar-refractivity contribution in [3.63, 3.8) is 0 Å². The second-order valence-electron chi connectivity index (χ2n) is 19.0. The lowest BCUT2D eigenvalue weighted by atomic mass is 9.81. The largest absolute Gasteiger partial charge is 0.275 e. The van der Waals surface area contributed by atoms with E-state index in [0.29, 0.717) is 0 Å². The molecule has 0 bridgehead atoms. The molecular formula is C62H45N3S. The van der Waals surface area contributed by atoms with Crippen LogP contribution in [0.4, 0.5) is 0 Å². The Bertz CT molecular complexity index is 3740. The van der Waals surface area contributed by atoms with Crippen LogP contribution in [0, 0.1) is 0 Å². The number of aromatic nitrogens is 3. The van der Waals surface area contributed by atoms with E-state index in [1.54, 1.807) is 0 Å². The zero-order valence-electron chi connectivity index (χ0n) is 37.3. The van der Waals surface area contributed by atoms with Crippen molar-refractivity contribution in [2.24, 2.45) is 0 Å². The number of hydrogen-bond donors (Lipinski definition) is 0. The predicted molar refractivity (Wildman–Crippen MR) is 277 cm³/mol. The Morgan fingerprint density at radius 2 is 0.803 bits per heavy atom. The Morgan fingerprint density at radius 1 is 0.348 bits per heavy atom. The van der Waals surface area contributed by atoms with Crippen LogP contribution in [-0.2, 0) is 10.8 Å². The first-order chi connectivity index (χ1) is 32.2. The molecule has 2 aliphatic carbocycles. The summed E-state index contributed by atoms with van der Waals surface area (Å²) >= 11 is 1.89. The Kier molecular flexibility index (Phi) is 8.47. The first-order valence-corrected chi connectivity index (χ1v) is 23.7. The van der Waals surface area contributed by atoms with Crippen LogP contribution in [0.2, 0.25) is 0 Å². The molecule has 0 saturated carbocycles. The van der Waals surface area contributed by atoms with Gasteiger partial charge in [0.05, 0.1) is 0 Å². The van der Waals surface area contributed by atoms with Crippen LogP contribution in [0.25, 0.3) is 104 Å². The smallest absolute Gasteiger partial charge is 0.168 e. The number of para-hydroxylation sites is 1. The molecule has 2 aliphatic rings. The van der Waals surface area contributed by atoms with Gasteiger partial charge in [0, 0.05) is 53.4 Å². The first kappa shape index (κ1) is 38.8. The summed E-state index contributed by atoms with van der Waals surface area (Å²) in [6.45, 7) is 9.46. The van der Waals surface area contributed by atoms with Crippen molar-refractivity contribution in [1.82, 2.24) is 14.8 Å². The van der Waals surface area contributed by atoms with Gasteiger partial charge < -0.3 is 0 Å². The van der Waals surface area contributed by atoms with Crippen LogP contribution in [0.5, 0.6) is 0 Å². The Hall–Kier alpha value is -7.66. The third-order valence-electron chi connectivity index (χ3n) is 14.6. The highest BCUT2D eigenvalue weighted by molar-refractivity contribution is 7.26. The van der Waals surface area contributed by atoms with Crippen LogP contribution in [-0.4, -0.2) is 14.8 Å². The molecule has 2 aromatic heterocycles. The number of fused-ring (bicyclic) bond motifs is 9. The summed E-state index contributed by atoms with van der Waals surface area (Å²) in [4.78, 5) is 0. The van der Waals surface area contributed by atoms with Gasteiger partial charge in [0.2, 0.25) is 0 Å². The summed E-state index contributed by atoms with van der Waals surface area (Å²) in [5, 5.41) is 12.1. The van der Waals surface area contributed by atoms with E-state index in [4.69, 9.17) is 10.2 Å². The molecule has 2 heterocycles. The lowest BCUT2D eigenvalue weighted by Crippen LogP contribution is -2.14. The molecule has 4 heteroatoms. The van der Waals surface area contributed by atoms with Crippen molar-refractivity contribution in [1.29, 1.82) is 0 Å². The molecule has 0 radical (unpaired) electrons. The zero-order chi connectivity index (χ0) is 44.3. The van der Waals surface area contributed by atoms with Crippen molar-refractivity contribution in [2.45, 2.75) is 38.5 Å². The van der Waals surface area contributed by atoms with E-state index in [-0.39, 0.29) is 10.8 Å². The van der Waals surface area contributed by atoms with Crippen LogP contribution in [0.1, 0.15) is 49.9 Å². The third-order valence-corrected chi connectivity index (χ3v) is 15.8. The Morgan fingerprint density at radius 3 is 1.42 bits per heavy atom. The fourth-order valence-electron chi connectivity index (χ4n) is 11.1. The number of thiophene rings is 1. The fraction of sp³-hybridized carbons (Fsp3) is 0.0968. The van der Waals surface area contributed by atoms with E-state index in [1.807, 2.05) is 35.6 Å². The quantitative estimate of drug-likeness (QED) is 0.167. The SMILES string of the molecule is CC1(C)c2ccccc2-c2ccc(-c3ccc4sc5c(-c6ccc(-c7nnc(-c8ccccc8)n7-c7ccccc7)cc6)cc(-c6ccc7c(c6)C(C)(C)c6ccccc6-7)cc5c4c3)cc21. The summed E-state index contributed by atoms with van der Waals surface area (Å²) in [5.74, 6) is 1.62. The van der Waals surface area contributed by atoms with Crippen molar-refractivity contribution in [3.05, 3.63) is 222 Å². The van der Waals surface area contributed by atoms with Gasteiger partial charge in [-0.2, -0.15) is 0 Å². The maximum absolute atomic E-state index is 4.81. The van der Waals surface area contributed by atoms with Crippen molar-refractivity contribution in [2.75, 3.05) is 0 Å². The van der Waals surface area contributed by atoms with Gasteiger partial charge in [-0.3, -0.25) is 4.57 Å². The summed E-state index contributed by atoms with van der Waals surface area (Å²) in [5.41, 5.74) is 21.2. The Labute approximate surface area is 389 Å². The molecule has 9 aromatic carbocycles. The van der Waals surface area contributed by atoms with Gasteiger partial charge in [-0.1, -0.05) is 179 Å². The molecule has 0 aliphatic heterocycles. The number of hydrogen-bond acceptors (Lipinski definition) is 3. The minimum Gasteiger partial charge on any atom is -0.275 e. The molecule has 0 N–H and O–H groups in total. The van der Waals surface area contributed by atoms with E-state index in [0.717, 1.165) is 28.5 Å². The molecule has 13 rings (SSSR count). The predicted octanol–water partition coefficient (Wildman–Crippen LogP) is 16.6. The molecule has 0 amide bonds. The highest BCUT2D eigenvalue weighted by atomic mass is 32.1. The highest BCUT2D eigenvalue weighted by Gasteiger charge is 2.36. The normalized spacial score (nSPS) is 14.0. The maximum atomic E-state index is 4.81. The van der Waals surface area contributed by atoms with Crippen LogP contribution in [0.3, 0.4) is 0 Å². The second-order valence-corrected chi connectivity index (χ2v) is 20.1. The summed E-state index contributed by atoms with van der Waals surface area (Å²) < 4.78 is 4.74. The second kappa shape index (κ2) is 14.4. The van der Waals surface area contributed by atoms with Gasteiger partial charge in [-0.05, 0) is 121 Å². The van der Waals surface area contributed by atoms with E-state index in [2.05, 4.69) is 208 Å². The highest BCUT2D eigenvalue weighted by Crippen LogP contribution is 2.52. The molecule has 66 heavy (non-hydrogen) atoms. The van der Waals surface area contributed by atoms with Crippen LogP contribution >= 0.6 is 11.3 Å². The summed E-state index contributed by atoms with van der Waals surface area (Å²) in [6, 6.07) is 73.7. The number of nitrogens with zero attached hydrogens (tertiary/aromatic N) is 3. The monoisotopic (exact) mass is 863 g/mol. The van der Waals surface area contributed by atoms with Gasteiger partial charge in [-0.15, -0.1) is 21.5 Å². The zero-order valence-corrected chi connectivity index (χ0v) is 38.1. The molecule has 0 saturated heterocycles. The third kappa shape index (κ3) is 5.81. The maximum Gasteiger partial charge on any atom is 0.168 e. The number of rotatable bonds is 6. The minimum atomic E-state index is -0.0961. The van der Waals surface area contributed by atoms with E-state index in [9.17, 15) is 0 Å². The average molecular weight is 864 g/mol. The molecule has 0 atom stereocenters. The van der Waals surface area contributed by atoms with E-state index in [1.165, 1.54) is 98.1 Å². The summed E-state index contributed by atoms with van der Waals surface area (Å²) in [7, 11) is 0. The van der Waals surface area contributed by atoms with Gasteiger partial charge in [0.15, 0.2) is 11.6 Å². The summed E-state index contributed by atoms with van der Waals surface area (Å²) in [6.07, 6.45) is 0. The van der Waals surface area contributed by atoms with Crippen molar-refractivity contribution in [3.8, 4) is 84.1 Å². The van der Waals surface area contributed by atoms with Crippen molar-refractivity contribution >= 4 is 31.5 Å².